The van der Waals surface area contributed by atoms with Crippen LogP contribution < -0.4 is 0 Å². The number of hydrogen-bond donors (Lipinski definition) is 0. The van der Waals surface area contributed by atoms with E-state index in [0.717, 1.165) is 11.0 Å². The van der Waals surface area contributed by atoms with Crippen molar-refractivity contribution in [3.05, 3.63) is 23.5 Å². The van der Waals surface area contributed by atoms with Gasteiger partial charge in [0, 0.05) is 24.5 Å². The number of carbonyl (C=O) groups excluding carboxylic acids is 2. The van der Waals surface area contributed by atoms with E-state index >= 15 is 0 Å². The third-order valence-corrected chi connectivity index (χ3v) is 4.32. The molecule has 0 saturated carbocycles. The van der Waals surface area contributed by atoms with Crippen LogP contribution in [0.25, 0.3) is 11.0 Å². The Morgan fingerprint density at radius 3 is 2.41 bits per heavy atom. The third kappa shape index (κ3) is 6.00. The van der Waals surface area contributed by atoms with Crippen molar-refractivity contribution in [1.82, 2.24) is 24.6 Å². The monoisotopic (exact) mass is 403 g/mol. The van der Waals surface area contributed by atoms with Crippen LogP contribution in [0.4, 0.5) is 0 Å². The van der Waals surface area contributed by atoms with Gasteiger partial charge in [-0.25, -0.2) is 9.67 Å². The van der Waals surface area contributed by atoms with Gasteiger partial charge in [0.15, 0.2) is 5.65 Å². The highest BCUT2D eigenvalue weighted by Crippen LogP contribution is 2.20. The molecule has 160 valence electrons. The van der Waals surface area contributed by atoms with E-state index in [-0.39, 0.29) is 18.5 Å². The molecule has 0 unspecified atom stereocenters. The second-order valence-electron chi connectivity index (χ2n) is 8.83. The van der Waals surface area contributed by atoms with Crippen molar-refractivity contribution in [3.8, 4) is 0 Å². The van der Waals surface area contributed by atoms with Crippen LogP contribution in [0.5, 0.6) is 0 Å². The van der Waals surface area contributed by atoms with Gasteiger partial charge >= 0.3 is 5.97 Å². The van der Waals surface area contributed by atoms with Crippen LogP contribution in [0.3, 0.4) is 0 Å². The van der Waals surface area contributed by atoms with Gasteiger partial charge in [0.05, 0.1) is 17.5 Å². The molecule has 0 radical (unpaired) electrons. The summed E-state index contributed by atoms with van der Waals surface area (Å²) in [5.74, 6) is -0.661. The average Bonchev–Trinajstić information content (AvgIpc) is 2.98. The van der Waals surface area contributed by atoms with E-state index in [1.54, 1.807) is 6.20 Å². The first-order valence-corrected chi connectivity index (χ1v) is 9.89. The molecular weight excluding hydrogens is 370 g/mol. The van der Waals surface area contributed by atoms with Crippen LogP contribution >= 0.6 is 0 Å². The molecule has 2 rings (SSSR count). The summed E-state index contributed by atoms with van der Waals surface area (Å²) in [6, 6.07) is 1.98. The summed E-state index contributed by atoms with van der Waals surface area (Å²) in [4.78, 5) is 33.8. The number of carbonyl (C=O) groups is 2. The zero-order valence-electron chi connectivity index (χ0n) is 18.8. The molecule has 0 aromatic carbocycles. The van der Waals surface area contributed by atoms with Crippen LogP contribution in [0.1, 0.15) is 56.7 Å². The first-order chi connectivity index (χ1) is 13.4. The number of ether oxygens (including phenoxy) is 1. The average molecular weight is 404 g/mol. The molecule has 8 nitrogen and oxygen atoms in total. The number of hydrogen-bond acceptors (Lipinski definition) is 6. The van der Waals surface area contributed by atoms with Crippen molar-refractivity contribution in [3.63, 3.8) is 0 Å². The lowest BCUT2D eigenvalue weighted by atomic mass is 10.1. The van der Waals surface area contributed by atoms with Crippen molar-refractivity contribution in [2.75, 3.05) is 33.7 Å². The van der Waals surface area contributed by atoms with Gasteiger partial charge in [0.2, 0.25) is 0 Å². The molecule has 2 aromatic heterocycles. The molecule has 2 aromatic rings. The second kappa shape index (κ2) is 8.90. The Kier molecular flexibility index (Phi) is 7.00. The van der Waals surface area contributed by atoms with Gasteiger partial charge in [0.1, 0.15) is 12.1 Å². The maximum atomic E-state index is 13.3. The highest BCUT2D eigenvalue weighted by atomic mass is 16.6. The second-order valence-corrected chi connectivity index (χ2v) is 8.83. The zero-order valence-corrected chi connectivity index (χ0v) is 18.8. The van der Waals surface area contributed by atoms with Gasteiger partial charge in [-0.1, -0.05) is 0 Å². The molecule has 0 atom stereocenters. The Bertz CT molecular complexity index is 880. The van der Waals surface area contributed by atoms with Gasteiger partial charge in [-0.15, -0.1) is 0 Å². The maximum absolute atomic E-state index is 13.3. The van der Waals surface area contributed by atoms with Gasteiger partial charge in [-0.05, 0) is 61.7 Å². The van der Waals surface area contributed by atoms with Crippen LogP contribution in [-0.4, -0.2) is 75.8 Å². The highest BCUT2D eigenvalue weighted by molar-refractivity contribution is 5.99. The Hall–Kier alpha value is -2.48. The topological polar surface area (TPSA) is 80.6 Å². The zero-order chi connectivity index (χ0) is 21.9. The lowest BCUT2D eigenvalue weighted by Gasteiger charge is -2.26. The molecule has 0 aliphatic rings. The summed E-state index contributed by atoms with van der Waals surface area (Å²) in [6.45, 7) is 12.2. The van der Waals surface area contributed by atoms with Crippen molar-refractivity contribution >= 4 is 22.9 Å². The third-order valence-electron chi connectivity index (χ3n) is 4.32. The number of aryl methyl sites for hydroxylation is 1. The summed E-state index contributed by atoms with van der Waals surface area (Å²) < 4.78 is 7.25. The molecule has 0 aliphatic heterocycles. The molecule has 1 amide bonds. The minimum absolute atomic E-state index is 0.104. The fourth-order valence-electron chi connectivity index (χ4n) is 2.93. The summed E-state index contributed by atoms with van der Waals surface area (Å²) in [7, 11) is 3.85. The molecule has 8 heteroatoms. The maximum Gasteiger partial charge on any atom is 0.326 e. The number of pyridine rings is 1. The Balaban J connectivity index is 2.33. The van der Waals surface area contributed by atoms with Crippen molar-refractivity contribution in [1.29, 1.82) is 0 Å². The number of aromatic nitrogens is 3. The van der Waals surface area contributed by atoms with Gasteiger partial charge in [-0.3, -0.25) is 9.59 Å². The fraction of sp³-hybridized carbons (Fsp3) is 0.619. The predicted octanol–water partition coefficient (Wildman–Crippen LogP) is 2.67. The normalized spacial score (nSPS) is 12.1. The highest BCUT2D eigenvalue weighted by Gasteiger charge is 2.25. The smallest absolute Gasteiger partial charge is 0.326 e. The van der Waals surface area contributed by atoms with E-state index in [4.69, 9.17) is 4.74 Å². The van der Waals surface area contributed by atoms with E-state index in [0.29, 0.717) is 24.3 Å². The van der Waals surface area contributed by atoms with E-state index in [2.05, 4.69) is 10.1 Å². The largest absolute Gasteiger partial charge is 0.459 e. The first-order valence-electron chi connectivity index (χ1n) is 9.89. The molecule has 29 heavy (non-hydrogen) atoms. The fourth-order valence-corrected chi connectivity index (χ4v) is 2.93. The first kappa shape index (κ1) is 22.8. The van der Waals surface area contributed by atoms with E-state index in [1.807, 2.05) is 71.3 Å². The summed E-state index contributed by atoms with van der Waals surface area (Å²) in [5.41, 5.74) is 1.24. The molecule has 0 saturated heterocycles. The van der Waals surface area contributed by atoms with Crippen molar-refractivity contribution in [2.24, 2.45) is 0 Å². The van der Waals surface area contributed by atoms with Crippen molar-refractivity contribution in [2.45, 2.75) is 53.2 Å². The summed E-state index contributed by atoms with van der Waals surface area (Å²) in [6.07, 6.45) is 1.72. The van der Waals surface area contributed by atoms with Gasteiger partial charge in [0.25, 0.3) is 5.91 Å². The van der Waals surface area contributed by atoms with Crippen LogP contribution in [0.15, 0.2) is 12.3 Å². The van der Waals surface area contributed by atoms with E-state index < -0.39 is 11.6 Å². The van der Waals surface area contributed by atoms with Crippen LogP contribution in [0.2, 0.25) is 0 Å². The van der Waals surface area contributed by atoms with Crippen molar-refractivity contribution < 1.29 is 14.3 Å². The SMILES string of the molecule is Cc1nc2c(cnn2C(C)C)cc1C(=O)N(CCN(C)C)CC(=O)OC(C)(C)C. The number of nitrogens with zero attached hydrogens (tertiary/aromatic N) is 5. The molecular formula is C21H33N5O3. The predicted molar refractivity (Wildman–Crippen MR) is 113 cm³/mol. The van der Waals surface area contributed by atoms with Crippen LogP contribution in [-0.2, 0) is 9.53 Å². The van der Waals surface area contributed by atoms with E-state index in [9.17, 15) is 9.59 Å². The minimum atomic E-state index is -0.602. The molecule has 0 spiro atoms. The summed E-state index contributed by atoms with van der Waals surface area (Å²) in [5, 5.41) is 5.18. The molecule has 0 fully saturated rings. The molecule has 0 bridgehead atoms. The Morgan fingerprint density at radius 2 is 1.86 bits per heavy atom. The van der Waals surface area contributed by atoms with E-state index in [1.165, 1.54) is 4.90 Å². The quantitative estimate of drug-likeness (QED) is 0.661. The lowest BCUT2D eigenvalue weighted by molar-refractivity contribution is -0.155. The molecule has 0 aliphatic carbocycles. The number of likely N-dealkylation sites (N-methyl/N-ethyl adjacent to an activating group) is 1. The van der Waals surface area contributed by atoms with Gasteiger partial charge < -0.3 is 14.5 Å². The lowest BCUT2D eigenvalue weighted by Crippen LogP contribution is -2.42. The van der Waals surface area contributed by atoms with Crippen LogP contribution in [0, 0.1) is 6.92 Å². The number of rotatable bonds is 7. The number of esters is 1. The Morgan fingerprint density at radius 1 is 1.21 bits per heavy atom. The number of fused-ring (bicyclic) bond motifs is 1. The molecule has 0 N–H and O–H groups in total. The minimum Gasteiger partial charge on any atom is -0.459 e. The molecule has 2 heterocycles. The van der Waals surface area contributed by atoms with Gasteiger partial charge in [-0.2, -0.15) is 5.10 Å². The summed E-state index contributed by atoms with van der Waals surface area (Å²) >= 11 is 0. The Labute approximate surface area is 172 Å². The number of amides is 1. The standard InChI is InChI=1S/C21H33N5O3/c1-14(2)26-19-16(12-22-26)11-17(15(3)23-19)20(28)25(10-9-24(7)8)13-18(27)29-21(4,5)6/h11-12,14H,9-10,13H2,1-8H3.